The van der Waals surface area contributed by atoms with Crippen LogP contribution in [-0.2, 0) is 6.54 Å². The van der Waals surface area contributed by atoms with Gasteiger partial charge in [-0.3, -0.25) is 0 Å². The van der Waals surface area contributed by atoms with Gasteiger partial charge in [0.25, 0.3) is 0 Å². The number of anilines is 1. The van der Waals surface area contributed by atoms with Crippen LogP contribution in [0.25, 0.3) is 0 Å². The van der Waals surface area contributed by atoms with Gasteiger partial charge in [-0.25, -0.2) is 17.6 Å². The molecule has 2 aromatic rings. The maximum Gasteiger partial charge on any atom is 0.196 e. The molecule has 1 N–H and O–H groups in total. The summed E-state index contributed by atoms with van der Waals surface area (Å²) in [7, 11) is 0. The fourth-order valence-electron chi connectivity index (χ4n) is 1.53. The van der Waals surface area contributed by atoms with Crippen molar-refractivity contribution in [3.63, 3.8) is 0 Å². The Kier molecular flexibility index (Phi) is 4.09. The van der Waals surface area contributed by atoms with Crippen molar-refractivity contribution in [2.24, 2.45) is 0 Å². The van der Waals surface area contributed by atoms with Gasteiger partial charge in [0.15, 0.2) is 17.5 Å². The van der Waals surface area contributed by atoms with Gasteiger partial charge in [-0.2, -0.15) is 0 Å². The van der Waals surface area contributed by atoms with Crippen LogP contribution in [0.3, 0.4) is 0 Å². The summed E-state index contributed by atoms with van der Waals surface area (Å²) in [5, 5.41) is 2.52. The molecule has 0 aromatic heterocycles. The second-order valence-electron chi connectivity index (χ2n) is 3.81. The highest BCUT2D eigenvalue weighted by Crippen LogP contribution is 2.21. The van der Waals surface area contributed by atoms with Gasteiger partial charge in [0, 0.05) is 16.6 Å². The molecule has 19 heavy (non-hydrogen) atoms. The Morgan fingerprint density at radius 1 is 0.895 bits per heavy atom. The van der Waals surface area contributed by atoms with Crippen molar-refractivity contribution in [2.45, 2.75) is 6.54 Å². The molecule has 0 unspecified atom stereocenters. The zero-order chi connectivity index (χ0) is 14.0. The lowest BCUT2D eigenvalue weighted by atomic mass is 10.2. The number of halogens is 5. The molecule has 0 heterocycles. The molecule has 0 saturated carbocycles. The van der Waals surface area contributed by atoms with E-state index in [-0.39, 0.29) is 17.8 Å². The van der Waals surface area contributed by atoms with Crippen LogP contribution < -0.4 is 5.32 Å². The smallest absolute Gasteiger partial charge is 0.196 e. The Bertz CT molecular complexity index is 616. The predicted molar refractivity (Wildman–Crippen MR) is 67.7 cm³/mol. The molecule has 0 aliphatic carbocycles. The first-order chi connectivity index (χ1) is 8.99. The molecule has 0 aliphatic rings. The molecule has 0 bridgehead atoms. The lowest BCUT2D eigenvalue weighted by Gasteiger charge is -2.09. The summed E-state index contributed by atoms with van der Waals surface area (Å²) >= 11 is 3.18. The van der Waals surface area contributed by atoms with Crippen LogP contribution >= 0.6 is 15.9 Å². The molecule has 0 spiro atoms. The summed E-state index contributed by atoms with van der Waals surface area (Å²) in [5.74, 6) is -4.62. The Morgan fingerprint density at radius 3 is 2.32 bits per heavy atom. The summed E-state index contributed by atoms with van der Waals surface area (Å²) in [6.07, 6.45) is 0. The molecule has 2 rings (SSSR count). The maximum absolute atomic E-state index is 13.4. The van der Waals surface area contributed by atoms with Gasteiger partial charge in [0.1, 0.15) is 5.82 Å². The molecule has 100 valence electrons. The Hall–Kier alpha value is -1.56. The van der Waals surface area contributed by atoms with Gasteiger partial charge in [-0.1, -0.05) is 15.9 Å². The highest BCUT2D eigenvalue weighted by atomic mass is 79.9. The second kappa shape index (κ2) is 5.61. The van der Waals surface area contributed by atoms with Crippen LogP contribution in [-0.4, -0.2) is 0 Å². The molecule has 0 fully saturated rings. The molecular weight excluding hydrogens is 326 g/mol. The summed E-state index contributed by atoms with van der Waals surface area (Å²) in [6.45, 7) is -0.0483. The number of hydrogen-bond acceptors (Lipinski definition) is 1. The molecule has 0 atom stereocenters. The number of hydrogen-bond donors (Lipinski definition) is 1. The van der Waals surface area contributed by atoms with Gasteiger partial charge in [0.05, 0.1) is 5.69 Å². The summed E-state index contributed by atoms with van der Waals surface area (Å²) < 4.78 is 53.2. The van der Waals surface area contributed by atoms with Crippen molar-refractivity contribution in [1.82, 2.24) is 0 Å². The normalized spacial score (nSPS) is 10.6. The molecule has 1 nitrogen and oxygen atoms in total. The van der Waals surface area contributed by atoms with E-state index in [4.69, 9.17) is 0 Å². The third-order valence-corrected chi connectivity index (χ3v) is 3.01. The van der Waals surface area contributed by atoms with E-state index in [1.807, 2.05) is 0 Å². The fourth-order valence-corrected chi connectivity index (χ4v) is 1.94. The van der Waals surface area contributed by atoms with Crippen LogP contribution in [0.15, 0.2) is 34.8 Å². The Labute approximate surface area is 115 Å². The van der Waals surface area contributed by atoms with E-state index in [2.05, 4.69) is 21.2 Å². The highest BCUT2D eigenvalue weighted by Gasteiger charge is 2.13. The van der Waals surface area contributed by atoms with Crippen LogP contribution in [0.1, 0.15) is 5.56 Å². The zero-order valence-electron chi connectivity index (χ0n) is 9.48. The third kappa shape index (κ3) is 3.07. The maximum atomic E-state index is 13.4. The molecular formula is C13H8BrF4N. The lowest BCUT2D eigenvalue weighted by molar-refractivity contribution is 0.449. The Morgan fingerprint density at radius 2 is 1.58 bits per heavy atom. The second-order valence-corrected chi connectivity index (χ2v) is 4.73. The van der Waals surface area contributed by atoms with Gasteiger partial charge >= 0.3 is 0 Å². The van der Waals surface area contributed by atoms with Crippen molar-refractivity contribution in [2.75, 3.05) is 5.32 Å². The SMILES string of the molecule is Fc1ccc(Br)cc1CNc1ccc(F)c(F)c1F. The van der Waals surface area contributed by atoms with Crippen LogP contribution in [0.4, 0.5) is 23.2 Å². The highest BCUT2D eigenvalue weighted by molar-refractivity contribution is 9.10. The lowest BCUT2D eigenvalue weighted by Crippen LogP contribution is -2.05. The van der Waals surface area contributed by atoms with E-state index in [1.165, 1.54) is 18.2 Å². The summed E-state index contributed by atoms with van der Waals surface area (Å²) in [4.78, 5) is 0. The van der Waals surface area contributed by atoms with E-state index < -0.39 is 23.3 Å². The monoisotopic (exact) mass is 333 g/mol. The number of nitrogens with one attached hydrogen (secondary N) is 1. The van der Waals surface area contributed by atoms with E-state index in [0.717, 1.165) is 12.1 Å². The van der Waals surface area contributed by atoms with Gasteiger partial charge in [0.2, 0.25) is 0 Å². The predicted octanol–water partition coefficient (Wildman–Crippen LogP) is 4.62. The van der Waals surface area contributed by atoms with E-state index in [1.54, 1.807) is 0 Å². The first-order valence-electron chi connectivity index (χ1n) is 5.30. The average molecular weight is 334 g/mol. The Balaban J connectivity index is 2.19. The molecule has 0 saturated heterocycles. The van der Waals surface area contributed by atoms with Crippen LogP contribution in [0.2, 0.25) is 0 Å². The van der Waals surface area contributed by atoms with Crippen molar-refractivity contribution >= 4 is 21.6 Å². The minimum Gasteiger partial charge on any atom is -0.378 e. The minimum atomic E-state index is -1.56. The first-order valence-corrected chi connectivity index (χ1v) is 6.09. The van der Waals surface area contributed by atoms with Crippen LogP contribution in [0, 0.1) is 23.3 Å². The van der Waals surface area contributed by atoms with Crippen molar-refractivity contribution in [1.29, 1.82) is 0 Å². The van der Waals surface area contributed by atoms with E-state index >= 15 is 0 Å². The van der Waals surface area contributed by atoms with Gasteiger partial charge in [-0.15, -0.1) is 0 Å². The molecule has 6 heteroatoms. The zero-order valence-corrected chi connectivity index (χ0v) is 11.1. The standard InChI is InChI=1S/C13H8BrF4N/c14-8-1-2-9(15)7(5-8)6-19-11-4-3-10(16)12(17)13(11)18/h1-5,19H,6H2. The fraction of sp³-hybridized carbons (Fsp3) is 0.0769. The number of rotatable bonds is 3. The molecule has 0 amide bonds. The largest absolute Gasteiger partial charge is 0.378 e. The molecule has 0 radical (unpaired) electrons. The summed E-state index contributed by atoms with van der Waals surface area (Å²) in [5.41, 5.74) is 0.0526. The first kappa shape index (κ1) is 13.9. The topological polar surface area (TPSA) is 12.0 Å². The van der Waals surface area contributed by atoms with E-state index in [9.17, 15) is 17.6 Å². The van der Waals surface area contributed by atoms with Crippen LogP contribution in [0.5, 0.6) is 0 Å². The van der Waals surface area contributed by atoms with Crippen molar-refractivity contribution < 1.29 is 17.6 Å². The van der Waals surface area contributed by atoms with Crippen molar-refractivity contribution in [3.05, 3.63) is 63.6 Å². The van der Waals surface area contributed by atoms with Gasteiger partial charge < -0.3 is 5.32 Å². The summed E-state index contributed by atoms with van der Waals surface area (Å²) in [6, 6.07) is 6.15. The van der Waals surface area contributed by atoms with Gasteiger partial charge in [-0.05, 0) is 30.3 Å². The van der Waals surface area contributed by atoms with E-state index in [0.29, 0.717) is 4.47 Å². The quantitative estimate of drug-likeness (QED) is 0.638. The molecule has 0 aliphatic heterocycles. The number of benzene rings is 2. The molecule has 2 aromatic carbocycles. The minimum absolute atomic E-state index is 0.0483. The third-order valence-electron chi connectivity index (χ3n) is 2.51. The average Bonchev–Trinajstić information content (AvgIpc) is 2.39. The van der Waals surface area contributed by atoms with Crippen molar-refractivity contribution in [3.8, 4) is 0 Å².